The second kappa shape index (κ2) is 6.39. The Morgan fingerprint density at radius 3 is 2.74 bits per heavy atom. The van der Waals surface area contributed by atoms with Gasteiger partial charge in [-0.3, -0.25) is 4.79 Å². The van der Waals surface area contributed by atoms with Crippen LogP contribution in [-0.2, 0) is 0 Å². The van der Waals surface area contributed by atoms with Crippen molar-refractivity contribution in [3.63, 3.8) is 0 Å². The van der Waals surface area contributed by atoms with Crippen molar-refractivity contribution in [2.45, 2.75) is 6.92 Å². The van der Waals surface area contributed by atoms with Crippen molar-refractivity contribution >= 4 is 12.1 Å². The van der Waals surface area contributed by atoms with Gasteiger partial charge in [-0.05, 0) is 42.8 Å². The number of nitrogens with zero attached hydrogens (tertiary/aromatic N) is 1. The molecular weight excluding hydrogens is 296 g/mol. The van der Waals surface area contributed by atoms with E-state index in [-0.39, 0.29) is 11.7 Å². The molecule has 0 saturated heterocycles. The second-order valence-electron chi connectivity index (χ2n) is 5.12. The van der Waals surface area contributed by atoms with E-state index < -0.39 is 0 Å². The number of hydrogen-bond acceptors (Lipinski definition) is 5. The van der Waals surface area contributed by atoms with Crippen LogP contribution in [0.1, 0.15) is 21.5 Å². The van der Waals surface area contributed by atoms with E-state index >= 15 is 0 Å². The minimum Gasteiger partial charge on any atom is -0.507 e. The van der Waals surface area contributed by atoms with E-state index in [1.807, 2.05) is 13.0 Å². The van der Waals surface area contributed by atoms with Crippen LogP contribution in [0, 0.1) is 6.92 Å². The summed E-state index contributed by atoms with van der Waals surface area (Å²) in [6.45, 7) is 2.84. The molecule has 0 fully saturated rings. The number of carbonyl (C=O) groups is 1. The smallest absolute Gasteiger partial charge is 0.271 e. The van der Waals surface area contributed by atoms with Gasteiger partial charge in [-0.25, -0.2) is 5.43 Å². The third-order valence-corrected chi connectivity index (χ3v) is 3.36. The fraction of sp³-hybridized carbons (Fsp3) is 0.176. The van der Waals surface area contributed by atoms with Gasteiger partial charge < -0.3 is 14.6 Å². The summed E-state index contributed by atoms with van der Waals surface area (Å²) in [5, 5.41) is 13.6. The zero-order valence-electron chi connectivity index (χ0n) is 12.6. The Balaban J connectivity index is 1.68. The highest BCUT2D eigenvalue weighted by Crippen LogP contribution is 2.30. The van der Waals surface area contributed by atoms with E-state index in [0.717, 1.165) is 5.56 Å². The molecule has 1 amide bonds. The van der Waals surface area contributed by atoms with Crippen molar-refractivity contribution in [2.75, 3.05) is 13.2 Å². The molecule has 0 aliphatic carbocycles. The zero-order valence-corrected chi connectivity index (χ0v) is 12.6. The predicted octanol–water partition coefficient (Wildman–Crippen LogP) is 2.24. The number of fused-ring (bicyclic) bond motifs is 1. The molecule has 3 rings (SSSR count). The minimum atomic E-state index is -0.371. The van der Waals surface area contributed by atoms with Crippen LogP contribution in [0.3, 0.4) is 0 Å². The first-order valence-corrected chi connectivity index (χ1v) is 7.16. The number of amides is 1. The average molecular weight is 312 g/mol. The van der Waals surface area contributed by atoms with Crippen molar-refractivity contribution in [1.82, 2.24) is 5.43 Å². The number of hydrogen-bond donors (Lipinski definition) is 2. The highest BCUT2D eigenvalue weighted by molar-refractivity contribution is 5.95. The summed E-state index contributed by atoms with van der Waals surface area (Å²) in [5.74, 6) is 0.914. The van der Waals surface area contributed by atoms with Gasteiger partial charge in [0.15, 0.2) is 11.5 Å². The molecule has 2 aromatic carbocycles. The summed E-state index contributed by atoms with van der Waals surface area (Å²) in [6, 6.07) is 10.2. The fourth-order valence-electron chi connectivity index (χ4n) is 2.17. The molecule has 1 aliphatic rings. The van der Waals surface area contributed by atoms with Crippen LogP contribution < -0.4 is 14.9 Å². The Labute approximate surface area is 133 Å². The summed E-state index contributed by atoms with van der Waals surface area (Å²) >= 11 is 0. The molecular formula is C17H16N2O4. The highest BCUT2D eigenvalue weighted by atomic mass is 16.6. The maximum atomic E-state index is 12.1. The Bertz CT molecular complexity index is 771. The van der Waals surface area contributed by atoms with E-state index in [0.29, 0.717) is 35.8 Å². The maximum absolute atomic E-state index is 12.1. The monoisotopic (exact) mass is 312 g/mol. The summed E-state index contributed by atoms with van der Waals surface area (Å²) in [7, 11) is 0. The number of phenolic OH excluding ortho intramolecular Hbond substituents is 1. The van der Waals surface area contributed by atoms with Gasteiger partial charge in [0.05, 0.1) is 6.21 Å². The van der Waals surface area contributed by atoms with Gasteiger partial charge in [-0.2, -0.15) is 5.10 Å². The van der Waals surface area contributed by atoms with Crippen LogP contribution in [0.4, 0.5) is 0 Å². The van der Waals surface area contributed by atoms with E-state index in [1.165, 1.54) is 6.21 Å². The van der Waals surface area contributed by atoms with Crippen molar-refractivity contribution in [2.24, 2.45) is 5.10 Å². The van der Waals surface area contributed by atoms with Crippen molar-refractivity contribution in [3.05, 3.63) is 53.1 Å². The SMILES string of the molecule is Cc1ccc(/C=N/NC(=O)c2ccc3c(c2)OCCO3)c(O)c1. The van der Waals surface area contributed by atoms with Crippen LogP contribution in [0.15, 0.2) is 41.5 Å². The first-order valence-electron chi connectivity index (χ1n) is 7.16. The number of benzene rings is 2. The second-order valence-corrected chi connectivity index (χ2v) is 5.12. The molecule has 1 aliphatic heterocycles. The lowest BCUT2D eigenvalue weighted by atomic mass is 10.1. The standard InChI is InChI=1S/C17H16N2O4/c1-11-2-3-13(14(20)8-11)10-18-19-17(21)12-4-5-15-16(9-12)23-7-6-22-15/h2-5,8-10,20H,6-7H2,1H3,(H,19,21)/b18-10+. The molecule has 2 N–H and O–H groups in total. The third kappa shape index (κ3) is 3.42. The van der Waals surface area contributed by atoms with Crippen LogP contribution in [0.5, 0.6) is 17.2 Å². The molecule has 6 nitrogen and oxygen atoms in total. The lowest BCUT2D eigenvalue weighted by molar-refractivity contribution is 0.0954. The van der Waals surface area contributed by atoms with Gasteiger partial charge >= 0.3 is 0 Å². The van der Waals surface area contributed by atoms with Crippen LogP contribution >= 0.6 is 0 Å². The summed E-state index contributed by atoms with van der Waals surface area (Å²) < 4.78 is 10.8. The largest absolute Gasteiger partial charge is 0.507 e. The Morgan fingerprint density at radius 2 is 1.96 bits per heavy atom. The third-order valence-electron chi connectivity index (χ3n) is 3.36. The number of aromatic hydroxyl groups is 1. The van der Waals surface area contributed by atoms with Crippen molar-refractivity contribution < 1.29 is 19.4 Å². The van der Waals surface area contributed by atoms with Crippen molar-refractivity contribution in [3.8, 4) is 17.2 Å². The molecule has 6 heteroatoms. The molecule has 1 heterocycles. The average Bonchev–Trinajstić information content (AvgIpc) is 2.56. The molecule has 118 valence electrons. The molecule has 0 unspecified atom stereocenters. The number of rotatable bonds is 3. The molecule has 2 aromatic rings. The summed E-state index contributed by atoms with van der Waals surface area (Å²) in [6.07, 6.45) is 1.39. The number of carbonyl (C=O) groups excluding carboxylic acids is 1. The quantitative estimate of drug-likeness (QED) is 0.673. The summed E-state index contributed by atoms with van der Waals surface area (Å²) in [4.78, 5) is 12.1. The van der Waals surface area contributed by atoms with Gasteiger partial charge in [-0.15, -0.1) is 0 Å². The molecule has 0 aromatic heterocycles. The predicted molar refractivity (Wildman–Crippen MR) is 85.3 cm³/mol. The Hall–Kier alpha value is -3.02. The van der Waals surface area contributed by atoms with Gasteiger partial charge in [-0.1, -0.05) is 6.07 Å². The maximum Gasteiger partial charge on any atom is 0.271 e. The fourth-order valence-corrected chi connectivity index (χ4v) is 2.17. The number of aryl methyl sites for hydroxylation is 1. The zero-order chi connectivity index (χ0) is 16.2. The van der Waals surface area contributed by atoms with Crippen LogP contribution in [-0.4, -0.2) is 30.4 Å². The number of hydrazone groups is 1. The molecule has 0 spiro atoms. The summed E-state index contributed by atoms with van der Waals surface area (Å²) in [5.41, 5.74) is 4.31. The van der Waals surface area contributed by atoms with E-state index in [1.54, 1.807) is 30.3 Å². The van der Waals surface area contributed by atoms with Crippen LogP contribution in [0.25, 0.3) is 0 Å². The Kier molecular flexibility index (Phi) is 4.14. The number of phenols is 1. The number of ether oxygens (including phenoxy) is 2. The molecule has 0 bridgehead atoms. The van der Waals surface area contributed by atoms with Crippen molar-refractivity contribution in [1.29, 1.82) is 0 Å². The lowest BCUT2D eigenvalue weighted by Gasteiger charge is -2.18. The van der Waals surface area contributed by atoms with Gasteiger partial charge in [0.2, 0.25) is 0 Å². The molecule has 0 atom stereocenters. The van der Waals surface area contributed by atoms with Crippen LogP contribution in [0.2, 0.25) is 0 Å². The van der Waals surface area contributed by atoms with Gasteiger partial charge in [0.1, 0.15) is 19.0 Å². The van der Waals surface area contributed by atoms with E-state index in [4.69, 9.17) is 9.47 Å². The van der Waals surface area contributed by atoms with E-state index in [9.17, 15) is 9.90 Å². The topological polar surface area (TPSA) is 80.2 Å². The first-order chi connectivity index (χ1) is 11.1. The van der Waals surface area contributed by atoms with E-state index in [2.05, 4.69) is 10.5 Å². The first kappa shape index (κ1) is 14.9. The molecule has 0 radical (unpaired) electrons. The highest BCUT2D eigenvalue weighted by Gasteiger charge is 2.14. The van der Waals surface area contributed by atoms with Gasteiger partial charge in [0.25, 0.3) is 5.91 Å². The Morgan fingerprint density at radius 1 is 1.17 bits per heavy atom. The normalized spacial score (nSPS) is 13.1. The van der Waals surface area contributed by atoms with Gasteiger partial charge in [0, 0.05) is 11.1 Å². The number of nitrogens with one attached hydrogen (secondary N) is 1. The molecule has 0 saturated carbocycles. The molecule has 23 heavy (non-hydrogen) atoms. The lowest BCUT2D eigenvalue weighted by Crippen LogP contribution is -2.19. The minimum absolute atomic E-state index is 0.113.